The molecule has 0 aromatic rings. The molecular formula is C16H33N3. The van der Waals surface area contributed by atoms with E-state index in [-0.39, 0.29) is 0 Å². The molecule has 1 saturated heterocycles. The molecule has 1 saturated carbocycles. The number of rotatable bonds is 5. The second-order valence-corrected chi connectivity index (χ2v) is 6.79. The molecule has 2 rings (SSSR count). The second kappa shape index (κ2) is 7.05. The summed E-state index contributed by atoms with van der Waals surface area (Å²) in [5.74, 6) is 0. The fourth-order valence-electron chi connectivity index (χ4n) is 4.00. The Hall–Kier alpha value is -0.120. The monoisotopic (exact) mass is 267 g/mol. The van der Waals surface area contributed by atoms with E-state index in [1.54, 1.807) is 0 Å². The van der Waals surface area contributed by atoms with Crippen LogP contribution < -0.4 is 5.73 Å². The Morgan fingerprint density at radius 3 is 2.47 bits per heavy atom. The predicted molar refractivity (Wildman–Crippen MR) is 82.3 cm³/mol. The molecule has 19 heavy (non-hydrogen) atoms. The lowest BCUT2D eigenvalue weighted by molar-refractivity contribution is 0.0697. The summed E-state index contributed by atoms with van der Waals surface area (Å²) in [6, 6.07) is 0.721. The Bertz CT molecular complexity index is 261. The van der Waals surface area contributed by atoms with Crippen molar-refractivity contribution < 1.29 is 0 Å². The molecule has 0 amide bonds. The Kier molecular flexibility index (Phi) is 5.67. The molecule has 2 fully saturated rings. The van der Waals surface area contributed by atoms with Crippen LogP contribution in [0, 0.1) is 5.41 Å². The zero-order chi connectivity index (χ0) is 13.7. The van der Waals surface area contributed by atoms with Gasteiger partial charge in [-0.15, -0.1) is 0 Å². The summed E-state index contributed by atoms with van der Waals surface area (Å²) in [7, 11) is 0. The first-order valence-electron chi connectivity index (χ1n) is 8.35. The summed E-state index contributed by atoms with van der Waals surface area (Å²) >= 11 is 0. The van der Waals surface area contributed by atoms with Crippen LogP contribution in [0.25, 0.3) is 0 Å². The van der Waals surface area contributed by atoms with Crippen molar-refractivity contribution >= 4 is 0 Å². The number of piperazine rings is 1. The van der Waals surface area contributed by atoms with Gasteiger partial charge in [-0.1, -0.05) is 26.2 Å². The van der Waals surface area contributed by atoms with Gasteiger partial charge in [0, 0.05) is 25.7 Å². The van der Waals surface area contributed by atoms with E-state index >= 15 is 0 Å². The van der Waals surface area contributed by atoms with Crippen LogP contribution in [0.5, 0.6) is 0 Å². The maximum atomic E-state index is 6.10. The normalized spacial score (nSPS) is 29.5. The summed E-state index contributed by atoms with van der Waals surface area (Å²) in [4.78, 5) is 5.26. The van der Waals surface area contributed by atoms with Crippen LogP contribution in [-0.2, 0) is 0 Å². The van der Waals surface area contributed by atoms with Crippen LogP contribution in [-0.4, -0.2) is 55.1 Å². The van der Waals surface area contributed by atoms with E-state index in [0.717, 1.165) is 12.6 Å². The van der Waals surface area contributed by atoms with Crippen LogP contribution in [0.3, 0.4) is 0 Å². The maximum absolute atomic E-state index is 6.10. The van der Waals surface area contributed by atoms with Gasteiger partial charge in [-0.05, 0) is 51.2 Å². The van der Waals surface area contributed by atoms with E-state index in [1.807, 2.05) is 0 Å². The smallest absolute Gasteiger partial charge is 0.0195 e. The Morgan fingerprint density at radius 2 is 1.89 bits per heavy atom. The Labute approximate surface area is 119 Å². The fourth-order valence-corrected chi connectivity index (χ4v) is 4.00. The Balaban J connectivity index is 1.78. The third-order valence-electron chi connectivity index (χ3n) is 5.56. The first-order chi connectivity index (χ1) is 9.19. The van der Waals surface area contributed by atoms with Gasteiger partial charge in [-0.2, -0.15) is 0 Å². The van der Waals surface area contributed by atoms with E-state index in [9.17, 15) is 0 Å². The zero-order valence-corrected chi connectivity index (χ0v) is 13.0. The lowest BCUT2D eigenvalue weighted by Gasteiger charge is -2.42. The molecule has 3 nitrogen and oxygen atoms in total. The molecule has 1 unspecified atom stereocenters. The number of hydrogen-bond acceptors (Lipinski definition) is 3. The lowest BCUT2D eigenvalue weighted by atomic mass is 9.72. The molecule has 2 aliphatic rings. The molecule has 1 atom stereocenters. The van der Waals surface area contributed by atoms with Crippen LogP contribution in [0.15, 0.2) is 0 Å². The highest BCUT2D eigenvalue weighted by Crippen LogP contribution is 2.38. The van der Waals surface area contributed by atoms with E-state index in [4.69, 9.17) is 5.73 Å². The molecule has 1 aliphatic heterocycles. The summed E-state index contributed by atoms with van der Waals surface area (Å²) in [5, 5.41) is 0. The van der Waals surface area contributed by atoms with Gasteiger partial charge in [-0.3, -0.25) is 4.90 Å². The highest BCUT2D eigenvalue weighted by molar-refractivity contribution is 4.86. The van der Waals surface area contributed by atoms with Crippen molar-refractivity contribution in [2.45, 2.75) is 58.4 Å². The van der Waals surface area contributed by atoms with Crippen molar-refractivity contribution in [2.24, 2.45) is 11.1 Å². The van der Waals surface area contributed by atoms with E-state index in [2.05, 4.69) is 23.6 Å². The van der Waals surface area contributed by atoms with Crippen molar-refractivity contribution in [1.82, 2.24) is 9.80 Å². The summed E-state index contributed by atoms with van der Waals surface area (Å²) in [5.41, 5.74) is 6.57. The molecular weight excluding hydrogens is 234 g/mol. The molecule has 0 spiro atoms. The molecule has 0 aromatic heterocycles. The van der Waals surface area contributed by atoms with Crippen LogP contribution in [0.1, 0.15) is 52.4 Å². The van der Waals surface area contributed by atoms with E-state index in [0.29, 0.717) is 5.41 Å². The molecule has 112 valence electrons. The number of nitrogens with two attached hydrogens (primary N) is 1. The summed E-state index contributed by atoms with van der Waals surface area (Å²) < 4.78 is 0. The van der Waals surface area contributed by atoms with Crippen LogP contribution in [0.2, 0.25) is 0 Å². The lowest BCUT2D eigenvalue weighted by Crippen LogP contribution is -2.52. The number of likely N-dealkylation sites (N-methyl/N-ethyl adjacent to an activating group) is 1. The molecule has 2 N–H and O–H groups in total. The van der Waals surface area contributed by atoms with Gasteiger partial charge in [0.2, 0.25) is 0 Å². The first-order valence-corrected chi connectivity index (χ1v) is 8.35. The van der Waals surface area contributed by atoms with Crippen molar-refractivity contribution in [3.63, 3.8) is 0 Å². The SMILES string of the molecule is CCN1CCN(CCC2(CN)CCCCC2)CC1C. The average molecular weight is 267 g/mol. The van der Waals surface area contributed by atoms with Gasteiger partial charge >= 0.3 is 0 Å². The quantitative estimate of drug-likeness (QED) is 0.830. The largest absolute Gasteiger partial charge is 0.330 e. The van der Waals surface area contributed by atoms with Crippen molar-refractivity contribution in [1.29, 1.82) is 0 Å². The minimum Gasteiger partial charge on any atom is -0.330 e. The van der Waals surface area contributed by atoms with Gasteiger partial charge in [-0.25, -0.2) is 0 Å². The minimum atomic E-state index is 0.476. The molecule has 0 aromatic carbocycles. The molecule has 0 radical (unpaired) electrons. The number of hydrogen-bond donors (Lipinski definition) is 1. The first kappa shape index (κ1) is 15.3. The predicted octanol–water partition coefficient (Wildman–Crippen LogP) is 2.31. The topological polar surface area (TPSA) is 32.5 Å². The van der Waals surface area contributed by atoms with Crippen LogP contribution in [0.4, 0.5) is 0 Å². The fraction of sp³-hybridized carbons (Fsp3) is 1.00. The Morgan fingerprint density at radius 1 is 1.16 bits per heavy atom. The minimum absolute atomic E-state index is 0.476. The second-order valence-electron chi connectivity index (χ2n) is 6.79. The highest BCUT2D eigenvalue weighted by Gasteiger charge is 2.31. The zero-order valence-electron chi connectivity index (χ0n) is 13.0. The van der Waals surface area contributed by atoms with Crippen molar-refractivity contribution in [2.75, 3.05) is 39.3 Å². The standard InChI is InChI=1S/C16H33N3/c1-3-19-12-11-18(13-15(19)2)10-9-16(14-17)7-5-4-6-8-16/h15H,3-14,17H2,1-2H3. The highest BCUT2D eigenvalue weighted by atomic mass is 15.3. The molecule has 0 bridgehead atoms. The third-order valence-corrected chi connectivity index (χ3v) is 5.56. The number of nitrogens with zero attached hydrogens (tertiary/aromatic N) is 2. The van der Waals surface area contributed by atoms with Crippen molar-refractivity contribution in [3.05, 3.63) is 0 Å². The molecule has 3 heteroatoms. The summed E-state index contributed by atoms with van der Waals surface area (Å²) in [6.07, 6.45) is 8.28. The van der Waals surface area contributed by atoms with Crippen molar-refractivity contribution in [3.8, 4) is 0 Å². The van der Waals surface area contributed by atoms with E-state index < -0.39 is 0 Å². The molecule has 1 aliphatic carbocycles. The van der Waals surface area contributed by atoms with Gasteiger partial charge in [0.15, 0.2) is 0 Å². The molecule has 1 heterocycles. The maximum Gasteiger partial charge on any atom is 0.0195 e. The van der Waals surface area contributed by atoms with Gasteiger partial charge in [0.05, 0.1) is 0 Å². The summed E-state index contributed by atoms with van der Waals surface area (Å²) in [6.45, 7) is 11.7. The van der Waals surface area contributed by atoms with Gasteiger partial charge in [0.25, 0.3) is 0 Å². The van der Waals surface area contributed by atoms with Crippen LogP contribution >= 0.6 is 0 Å². The average Bonchev–Trinajstić information content (AvgIpc) is 2.46. The van der Waals surface area contributed by atoms with Gasteiger partial charge in [0.1, 0.15) is 0 Å². The van der Waals surface area contributed by atoms with E-state index in [1.165, 1.54) is 71.2 Å². The third kappa shape index (κ3) is 3.93. The van der Waals surface area contributed by atoms with Gasteiger partial charge < -0.3 is 10.6 Å².